The van der Waals surface area contributed by atoms with Gasteiger partial charge in [-0.05, 0) is 37.5 Å². The first-order valence-electron chi connectivity index (χ1n) is 9.81. The number of hydrogen-bond donors (Lipinski definition) is 0. The SMILES string of the molecule is CCC(C)(CC(=O)OCC(C)C)C(=O)OCC(=O)Oc1cc(C(F)(F)F)cc(C(F)(F)F)c1. The molecular formula is C21H24F6O6. The van der Waals surface area contributed by atoms with Crippen LogP contribution < -0.4 is 4.74 Å². The molecule has 1 aromatic rings. The van der Waals surface area contributed by atoms with Gasteiger partial charge in [0.05, 0.1) is 29.6 Å². The third-order valence-electron chi connectivity index (χ3n) is 4.50. The molecule has 1 atom stereocenters. The number of carbonyl (C=O) groups is 3. The Morgan fingerprint density at radius 3 is 1.82 bits per heavy atom. The highest BCUT2D eigenvalue weighted by atomic mass is 19.4. The highest BCUT2D eigenvalue weighted by Crippen LogP contribution is 2.38. The monoisotopic (exact) mass is 486 g/mol. The second-order valence-corrected chi connectivity index (χ2v) is 7.96. The number of ether oxygens (including phenoxy) is 3. The van der Waals surface area contributed by atoms with Gasteiger partial charge in [-0.3, -0.25) is 9.59 Å². The van der Waals surface area contributed by atoms with Gasteiger partial charge in [0, 0.05) is 0 Å². The fourth-order valence-electron chi connectivity index (χ4n) is 2.42. The van der Waals surface area contributed by atoms with E-state index in [2.05, 4.69) is 4.74 Å². The van der Waals surface area contributed by atoms with Crippen molar-refractivity contribution in [2.24, 2.45) is 11.3 Å². The molecule has 0 heterocycles. The van der Waals surface area contributed by atoms with Gasteiger partial charge < -0.3 is 14.2 Å². The number of hydrogen-bond acceptors (Lipinski definition) is 6. The van der Waals surface area contributed by atoms with Gasteiger partial charge in [-0.15, -0.1) is 0 Å². The van der Waals surface area contributed by atoms with Crippen LogP contribution in [0.3, 0.4) is 0 Å². The van der Waals surface area contributed by atoms with E-state index in [0.717, 1.165) is 0 Å². The Hall–Kier alpha value is -2.79. The molecule has 1 rings (SSSR count). The molecule has 1 aromatic carbocycles. The molecule has 0 fully saturated rings. The summed E-state index contributed by atoms with van der Waals surface area (Å²) in [6.45, 7) is 5.64. The summed E-state index contributed by atoms with van der Waals surface area (Å²) in [6, 6.07) is 0.314. The number of benzene rings is 1. The summed E-state index contributed by atoms with van der Waals surface area (Å²) in [6.07, 6.45) is -10.5. The lowest BCUT2D eigenvalue weighted by Gasteiger charge is -2.24. The molecule has 0 aromatic heterocycles. The highest BCUT2D eigenvalue weighted by molar-refractivity contribution is 5.85. The lowest BCUT2D eigenvalue weighted by Crippen LogP contribution is -2.34. The molecule has 0 bridgehead atoms. The summed E-state index contributed by atoms with van der Waals surface area (Å²) in [7, 11) is 0. The fourth-order valence-corrected chi connectivity index (χ4v) is 2.42. The largest absolute Gasteiger partial charge is 0.465 e. The quantitative estimate of drug-likeness (QED) is 0.272. The highest BCUT2D eigenvalue weighted by Gasteiger charge is 2.38. The Bertz CT molecular complexity index is 830. The summed E-state index contributed by atoms with van der Waals surface area (Å²) in [4.78, 5) is 36.2. The van der Waals surface area contributed by atoms with Crippen molar-refractivity contribution in [3.63, 3.8) is 0 Å². The number of halogens is 6. The summed E-state index contributed by atoms with van der Waals surface area (Å²) >= 11 is 0. The third-order valence-corrected chi connectivity index (χ3v) is 4.50. The van der Waals surface area contributed by atoms with E-state index >= 15 is 0 Å². The molecule has 1 unspecified atom stereocenters. The first-order valence-corrected chi connectivity index (χ1v) is 9.81. The molecule has 0 amide bonds. The van der Waals surface area contributed by atoms with Crippen LogP contribution in [0.25, 0.3) is 0 Å². The Morgan fingerprint density at radius 2 is 1.39 bits per heavy atom. The minimum absolute atomic E-state index is 0.0669. The van der Waals surface area contributed by atoms with Crippen LogP contribution in [0.5, 0.6) is 5.75 Å². The normalized spacial score (nSPS) is 13.9. The zero-order chi connectivity index (χ0) is 25.6. The Kier molecular flexibility index (Phi) is 9.32. The van der Waals surface area contributed by atoms with Gasteiger partial charge in [0.1, 0.15) is 5.75 Å². The number of esters is 3. The standard InChI is InChI=1S/C21H24F6O6/c1-5-19(4,9-16(28)31-10-12(2)3)18(30)32-11-17(29)33-15-7-13(20(22,23)24)6-14(8-15)21(25,26)27/h6-8,12H,5,9-11H2,1-4H3. The second kappa shape index (κ2) is 10.9. The zero-order valence-corrected chi connectivity index (χ0v) is 18.4. The topological polar surface area (TPSA) is 78.9 Å². The molecular weight excluding hydrogens is 462 g/mol. The predicted molar refractivity (Wildman–Crippen MR) is 102 cm³/mol. The number of alkyl halides is 6. The van der Waals surface area contributed by atoms with E-state index in [1.54, 1.807) is 6.92 Å². The maximum absolute atomic E-state index is 12.9. The van der Waals surface area contributed by atoms with E-state index in [9.17, 15) is 40.7 Å². The molecule has 0 aliphatic rings. The van der Waals surface area contributed by atoms with Crippen LogP contribution in [0.4, 0.5) is 26.3 Å². The molecule has 0 N–H and O–H groups in total. The third kappa shape index (κ3) is 8.93. The summed E-state index contributed by atoms with van der Waals surface area (Å²) in [5.74, 6) is -4.01. The van der Waals surface area contributed by atoms with Crippen LogP contribution in [-0.4, -0.2) is 31.1 Å². The average Bonchev–Trinajstić information content (AvgIpc) is 2.68. The molecule has 186 valence electrons. The van der Waals surface area contributed by atoms with E-state index in [4.69, 9.17) is 9.47 Å². The number of rotatable bonds is 9. The summed E-state index contributed by atoms with van der Waals surface area (Å²) in [5.41, 5.74) is -4.71. The summed E-state index contributed by atoms with van der Waals surface area (Å²) < 4.78 is 91.6. The summed E-state index contributed by atoms with van der Waals surface area (Å²) in [5, 5.41) is 0. The number of carbonyl (C=O) groups excluding carboxylic acids is 3. The van der Waals surface area contributed by atoms with E-state index in [0.29, 0.717) is 0 Å². The van der Waals surface area contributed by atoms with Crippen molar-refractivity contribution < 1.29 is 54.9 Å². The minimum Gasteiger partial charge on any atom is -0.465 e. The Labute approximate surface area is 186 Å². The van der Waals surface area contributed by atoms with Gasteiger partial charge in [0.25, 0.3) is 0 Å². The first kappa shape index (κ1) is 28.2. The molecule has 0 radical (unpaired) electrons. The maximum Gasteiger partial charge on any atom is 0.416 e. The van der Waals surface area contributed by atoms with Gasteiger partial charge in [0.2, 0.25) is 0 Å². The van der Waals surface area contributed by atoms with Crippen LogP contribution in [0.1, 0.15) is 51.7 Å². The van der Waals surface area contributed by atoms with Gasteiger partial charge >= 0.3 is 30.3 Å². The molecule has 0 spiro atoms. The smallest absolute Gasteiger partial charge is 0.416 e. The van der Waals surface area contributed by atoms with Crippen molar-refractivity contribution in [2.75, 3.05) is 13.2 Å². The van der Waals surface area contributed by atoms with Crippen molar-refractivity contribution in [3.8, 4) is 5.75 Å². The predicted octanol–water partition coefficient (Wildman–Crippen LogP) is 5.18. The van der Waals surface area contributed by atoms with Crippen molar-refractivity contribution in [3.05, 3.63) is 29.3 Å². The maximum atomic E-state index is 12.9. The zero-order valence-electron chi connectivity index (χ0n) is 18.4. The molecule has 0 aliphatic heterocycles. The van der Waals surface area contributed by atoms with Crippen LogP contribution >= 0.6 is 0 Å². The van der Waals surface area contributed by atoms with E-state index in [1.165, 1.54) is 6.92 Å². The van der Waals surface area contributed by atoms with Crippen molar-refractivity contribution >= 4 is 17.9 Å². The van der Waals surface area contributed by atoms with Gasteiger partial charge in [-0.2, -0.15) is 26.3 Å². The minimum atomic E-state index is -5.12. The average molecular weight is 486 g/mol. The second-order valence-electron chi connectivity index (χ2n) is 7.96. The van der Waals surface area contributed by atoms with Crippen LogP contribution in [0, 0.1) is 11.3 Å². The van der Waals surface area contributed by atoms with Crippen LogP contribution in [0.2, 0.25) is 0 Å². The lowest BCUT2D eigenvalue weighted by molar-refractivity contribution is -0.166. The van der Waals surface area contributed by atoms with Crippen molar-refractivity contribution in [1.82, 2.24) is 0 Å². The first-order chi connectivity index (χ1) is 15.0. The van der Waals surface area contributed by atoms with Crippen molar-refractivity contribution in [1.29, 1.82) is 0 Å². The molecule has 33 heavy (non-hydrogen) atoms. The molecule has 6 nitrogen and oxygen atoms in total. The fraction of sp³-hybridized carbons (Fsp3) is 0.571. The van der Waals surface area contributed by atoms with Crippen LogP contribution in [0.15, 0.2) is 18.2 Å². The molecule has 0 saturated heterocycles. The van der Waals surface area contributed by atoms with Crippen molar-refractivity contribution in [2.45, 2.75) is 52.9 Å². The van der Waals surface area contributed by atoms with Gasteiger partial charge in [-0.1, -0.05) is 20.8 Å². The molecule has 0 saturated carbocycles. The Morgan fingerprint density at radius 1 is 0.879 bits per heavy atom. The van der Waals surface area contributed by atoms with E-state index in [-0.39, 0.29) is 43.6 Å². The van der Waals surface area contributed by atoms with Gasteiger partial charge in [0.15, 0.2) is 6.61 Å². The van der Waals surface area contributed by atoms with Gasteiger partial charge in [-0.25, -0.2) is 4.79 Å². The van der Waals surface area contributed by atoms with E-state index < -0.39 is 59.2 Å². The van der Waals surface area contributed by atoms with E-state index in [1.807, 2.05) is 13.8 Å². The van der Waals surface area contributed by atoms with Crippen LogP contribution in [-0.2, 0) is 36.2 Å². The molecule has 12 heteroatoms. The molecule has 0 aliphatic carbocycles. The lowest BCUT2D eigenvalue weighted by atomic mass is 9.84. The Balaban J connectivity index is 2.86.